The molecule has 5 heteroatoms. The van der Waals surface area contributed by atoms with E-state index in [-0.39, 0.29) is 11.4 Å². The number of hydrogen-bond donors (Lipinski definition) is 1. The number of carbonyl (C=O) groups excluding carboxylic acids is 1. The number of likely N-dealkylation sites (N-methyl/N-ethyl adjacent to an activating group) is 1. The SMILES string of the molecule is Cc1ccc(N2CC(N(C)C)C2)cc1C(=O)NC1(c2ccc(Cl)c3ccccc23)CC1. The van der Waals surface area contributed by atoms with Crippen molar-refractivity contribution in [1.82, 2.24) is 10.2 Å². The number of anilines is 1. The van der Waals surface area contributed by atoms with Gasteiger partial charge in [-0.2, -0.15) is 0 Å². The number of hydrogen-bond acceptors (Lipinski definition) is 3. The van der Waals surface area contributed by atoms with Crippen molar-refractivity contribution >= 4 is 34.0 Å². The molecule has 1 amide bonds. The fraction of sp³-hybridized carbons (Fsp3) is 0.346. The number of aryl methyl sites for hydroxylation is 1. The van der Waals surface area contributed by atoms with Crippen LogP contribution in [0.1, 0.15) is 34.3 Å². The van der Waals surface area contributed by atoms with E-state index < -0.39 is 0 Å². The first-order valence-corrected chi connectivity index (χ1v) is 11.3. The summed E-state index contributed by atoms with van der Waals surface area (Å²) >= 11 is 6.42. The molecule has 1 saturated heterocycles. The standard InChI is InChI=1S/C26H28ClN3O/c1-17-8-9-18(30-15-19(16-30)29(2)3)14-22(17)25(31)28-26(12-13-26)23-10-11-24(27)21-7-5-4-6-20(21)23/h4-11,14,19H,12-13,15-16H2,1-3H3,(H,28,31). The molecule has 2 aliphatic rings. The Bertz CT molecular complexity index is 1160. The van der Waals surface area contributed by atoms with Crippen molar-refractivity contribution in [1.29, 1.82) is 0 Å². The van der Waals surface area contributed by atoms with Gasteiger partial charge in [-0.1, -0.05) is 48.0 Å². The lowest BCUT2D eigenvalue weighted by Gasteiger charge is -2.44. The van der Waals surface area contributed by atoms with Crippen LogP contribution in [0.2, 0.25) is 5.02 Å². The molecule has 1 aliphatic heterocycles. The van der Waals surface area contributed by atoms with Gasteiger partial charge in [0, 0.05) is 40.8 Å². The molecule has 160 valence electrons. The normalized spacial score (nSPS) is 17.6. The smallest absolute Gasteiger partial charge is 0.252 e. The van der Waals surface area contributed by atoms with Crippen molar-refractivity contribution in [3.8, 4) is 0 Å². The average molecular weight is 434 g/mol. The van der Waals surface area contributed by atoms with Crippen LogP contribution in [0.15, 0.2) is 54.6 Å². The lowest BCUT2D eigenvalue weighted by atomic mass is 9.96. The average Bonchev–Trinajstić information content (AvgIpc) is 3.48. The molecule has 1 aliphatic carbocycles. The third-order valence-corrected chi connectivity index (χ3v) is 7.24. The Labute approximate surface area is 188 Å². The molecule has 0 bridgehead atoms. The van der Waals surface area contributed by atoms with Crippen molar-refractivity contribution < 1.29 is 4.79 Å². The zero-order valence-electron chi connectivity index (χ0n) is 18.3. The molecule has 2 fully saturated rings. The Morgan fingerprint density at radius 1 is 1.06 bits per heavy atom. The molecule has 0 atom stereocenters. The highest BCUT2D eigenvalue weighted by atomic mass is 35.5. The highest BCUT2D eigenvalue weighted by Crippen LogP contribution is 2.49. The van der Waals surface area contributed by atoms with Crippen LogP contribution in [0.5, 0.6) is 0 Å². The van der Waals surface area contributed by atoms with Crippen LogP contribution in [0.4, 0.5) is 5.69 Å². The second-order valence-electron chi connectivity index (χ2n) is 9.20. The van der Waals surface area contributed by atoms with E-state index in [0.29, 0.717) is 6.04 Å². The molecule has 5 rings (SSSR count). The number of benzene rings is 3. The van der Waals surface area contributed by atoms with E-state index in [4.69, 9.17) is 11.6 Å². The zero-order chi connectivity index (χ0) is 21.8. The number of carbonyl (C=O) groups is 1. The fourth-order valence-corrected chi connectivity index (χ4v) is 4.82. The highest BCUT2D eigenvalue weighted by Gasteiger charge is 2.47. The predicted octanol–water partition coefficient (Wildman–Crippen LogP) is 4.97. The minimum absolute atomic E-state index is 0.000522. The minimum atomic E-state index is -0.309. The Balaban J connectivity index is 1.41. The van der Waals surface area contributed by atoms with Gasteiger partial charge in [-0.15, -0.1) is 0 Å². The second kappa shape index (κ2) is 7.54. The summed E-state index contributed by atoms with van der Waals surface area (Å²) in [6.45, 7) is 4.00. The highest BCUT2D eigenvalue weighted by molar-refractivity contribution is 6.35. The number of rotatable bonds is 5. The fourth-order valence-electron chi connectivity index (χ4n) is 4.59. The summed E-state index contributed by atoms with van der Waals surface area (Å²) in [4.78, 5) is 18.0. The van der Waals surface area contributed by atoms with E-state index in [1.54, 1.807) is 0 Å². The summed E-state index contributed by atoms with van der Waals surface area (Å²) in [6, 6.07) is 19.0. The Hall–Kier alpha value is -2.56. The van der Waals surface area contributed by atoms with E-state index in [2.05, 4.69) is 53.5 Å². The van der Waals surface area contributed by atoms with Gasteiger partial charge in [0.2, 0.25) is 0 Å². The van der Waals surface area contributed by atoms with Crippen molar-refractivity contribution in [3.05, 3.63) is 76.3 Å². The number of nitrogens with one attached hydrogen (secondary N) is 1. The molecule has 0 unspecified atom stereocenters. The number of amides is 1. The Morgan fingerprint density at radius 2 is 1.77 bits per heavy atom. The van der Waals surface area contributed by atoms with Gasteiger partial charge >= 0.3 is 0 Å². The predicted molar refractivity (Wildman–Crippen MR) is 128 cm³/mol. The van der Waals surface area contributed by atoms with Gasteiger partial charge in [-0.05, 0) is 68.6 Å². The van der Waals surface area contributed by atoms with Crippen molar-refractivity contribution in [2.45, 2.75) is 31.3 Å². The first kappa shape index (κ1) is 20.3. The van der Waals surface area contributed by atoms with Gasteiger partial charge in [-0.25, -0.2) is 0 Å². The van der Waals surface area contributed by atoms with Crippen LogP contribution in [-0.4, -0.2) is 44.0 Å². The van der Waals surface area contributed by atoms with Gasteiger partial charge in [0.1, 0.15) is 0 Å². The first-order chi connectivity index (χ1) is 14.9. The summed E-state index contributed by atoms with van der Waals surface area (Å²) in [5.41, 5.74) is 3.73. The maximum Gasteiger partial charge on any atom is 0.252 e. The molecule has 3 aromatic carbocycles. The van der Waals surface area contributed by atoms with Crippen LogP contribution < -0.4 is 10.2 Å². The third kappa shape index (κ3) is 3.58. The molecule has 1 heterocycles. The number of nitrogens with zero attached hydrogens (tertiary/aromatic N) is 2. The lowest BCUT2D eigenvalue weighted by molar-refractivity contribution is 0.0930. The van der Waals surface area contributed by atoms with Crippen LogP contribution >= 0.6 is 11.6 Å². The van der Waals surface area contributed by atoms with Crippen LogP contribution in [0.25, 0.3) is 10.8 Å². The maximum absolute atomic E-state index is 13.4. The van der Waals surface area contributed by atoms with Crippen molar-refractivity contribution in [2.75, 3.05) is 32.1 Å². The van der Waals surface area contributed by atoms with E-state index >= 15 is 0 Å². The summed E-state index contributed by atoms with van der Waals surface area (Å²) in [6.07, 6.45) is 1.89. The first-order valence-electron chi connectivity index (χ1n) is 10.9. The zero-order valence-corrected chi connectivity index (χ0v) is 19.0. The van der Waals surface area contributed by atoms with Gasteiger partial charge in [0.25, 0.3) is 5.91 Å². The largest absolute Gasteiger partial charge is 0.368 e. The second-order valence-corrected chi connectivity index (χ2v) is 9.61. The minimum Gasteiger partial charge on any atom is -0.368 e. The monoisotopic (exact) mass is 433 g/mol. The van der Waals surface area contributed by atoms with Gasteiger partial charge in [0.15, 0.2) is 0 Å². The number of fused-ring (bicyclic) bond motifs is 1. The van der Waals surface area contributed by atoms with E-state index in [9.17, 15) is 4.79 Å². The van der Waals surface area contributed by atoms with E-state index in [1.165, 1.54) is 0 Å². The van der Waals surface area contributed by atoms with Crippen LogP contribution in [0, 0.1) is 6.92 Å². The lowest BCUT2D eigenvalue weighted by Crippen LogP contribution is -2.57. The molecule has 0 spiro atoms. The molecular formula is C26H28ClN3O. The summed E-state index contributed by atoms with van der Waals surface area (Å²) in [7, 11) is 4.23. The van der Waals surface area contributed by atoms with E-state index in [1.807, 2.05) is 37.3 Å². The van der Waals surface area contributed by atoms with Gasteiger partial charge < -0.3 is 15.1 Å². The molecule has 4 nitrogen and oxygen atoms in total. The van der Waals surface area contributed by atoms with Gasteiger partial charge in [0.05, 0.1) is 5.54 Å². The quantitative estimate of drug-likeness (QED) is 0.617. The summed E-state index contributed by atoms with van der Waals surface area (Å²) < 4.78 is 0. The van der Waals surface area contributed by atoms with E-state index in [0.717, 1.165) is 64.1 Å². The summed E-state index contributed by atoms with van der Waals surface area (Å²) in [5.74, 6) is 0.000522. The van der Waals surface area contributed by atoms with Crippen LogP contribution in [-0.2, 0) is 5.54 Å². The molecule has 1 saturated carbocycles. The molecule has 0 aromatic heterocycles. The molecular weight excluding hydrogens is 406 g/mol. The maximum atomic E-state index is 13.4. The number of halogens is 1. The summed E-state index contributed by atoms with van der Waals surface area (Å²) in [5, 5.41) is 6.27. The Morgan fingerprint density at radius 3 is 2.45 bits per heavy atom. The Kier molecular flexibility index (Phi) is 4.95. The van der Waals surface area contributed by atoms with Crippen LogP contribution in [0.3, 0.4) is 0 Å². The molecule has 1 N–H and O–H groups in total. The topological polar surface area (TPSA) is 35.6 Å². The van der Waals surface area contributed by atoms with Crippen molar-refractivity contribution in [2.24, 2.45) is 0 Å². The van der Waals surface area contributed by atoms with Gasteiger partial charge in [-0.3, -0.25) is 4.79 Å². The van der Waals surface area contributed by atoms with Crippen molar-refractivity contribution in [3.63, 3.8) is 0 Å². The molecule has 0 radical (unpaired) electrons. The molecule has 3 aromatic rings. The third-order valence-electron chi connectivity index (χ3n) is 6.91. The molecule has 31 heavy (non-hydrogen) atoms.